The van der Waals surface area contributed by atoms with E-state index < -0.39 is 10.8 Å². The molecule has 6 nitrogen and oxygen atoms in total. The van der Waals surface area contributed by atoms with Crippen LogP contribution in [-0.2, 0) is 10.8 Å². The molecular formula is C10H15ClN4O2S. The van der Waals surface area contributed by atoms with Crippen LogP contribution in [0, 0.1) is 0 Å². The van der Waals surface area contributed by atoms with Crippen molar-refractivity contribution in [1.29, 1.82) is 0 Å². The molecule has 0 spiro atoms. The average Bonchev–Trinajstić information content (AvgIpc) is 2.37. The minimum Gasteiger partial charge on any atom is -0.351 e. The standard InChI is InChI=1S/C10H15ClN4O2S/c1-2-18(17)4-3-13-10(16)7-5-8(11)14-9(6-7)15-12/h5-6H,2-4,12H2,1H3,(H,13,16)(H,14,15). The predicted molar refractivity (Wildman–Crippen MR) is 72.9 cm³/mol. The van der Waals surface area contributed by atoms with Gasteiger partial charge in [-0.15, -0.1) is 0 Å². The fourth-order valence-corrected chi connectivity index (χ4v) is 2.05. The number of nitrogens with one attached hydrogen (secondary N) is 2. The minimum absolute atomic E-state index is 0.174. The van der Waals surface area contributed by atoms with E-state index in [9.17, 15) is 9.00 Å². The van der Waals surface area contributed by atoms with E-state index in [1.54, 1.807) is 0 Å². The Labute approximate surface area is 113 Å². The fourth-order valence-electron chi connectivity index (χ4n) is 1.23. The van der Waals surface area contributed by atoms with Gasteiger partial charge in [0.15, 0.2) is 0 Å². The zero-order valence-electron chi connectivity index (χ0n) is 9.90. The Morgan fingerprint density at radius 2 is 2.28 bits per heavy atom. The highest BCUT2D eigenvalue weighted by atomic mass is 35.5. The summed E-state index contributed by atoms with van der Waals surface area (Å²) in [7, 11) is -0.896. The van der Waals surface area contributed by atoms with E-state index in [0.717, 1.165) is 0 Å². The molecular weight excluding hydrogens is 276 g/mol. The molecule has 1 unspecified atom stereocenters. The van der Waals surface area contributed by atoms with Crippen molar-refractivity contribution in [3.63, 3.8) is 0 Å². The van der Waals surface area contributed by atoms with Gasteiger partial charge in [0.05, 0.1) is 0 Å². The number of hydrogen-bond acceptors (Lipinski definition) is 5. The molecule has 0 saturated heterocycles. The number of rotatable bonds is 6. The third-order valence-electron chi connectivity index (χ3n) is 2.14. The number of carbonyl (C=O) groups excluding carboxylic acids is 1. The van der Waals surface area contributed by atoms with E-state index in [1.807, 2.05) is 6.92 Å². The second-order valence-electron chi connectivity index (χ2n) is 3.40. The van der Waals surface area contributed by atoms with Crippen LogP contribution in [0.4, 0.5) is 5.82 Å². The number of aromatic nitrogens is 1. The number of pyridine rings is 1. The van der Waals surface area contributed by atoms with Crippen molar-refractivity contribution in [3.05, 3.63) is 22.8 Å². The first-order valence-electron chi connectivity index (χ1n) is 5.34. The van der Waals surface area contributed by atoms with E-state index >= 15 is 0 Å². The molecule has 0 aliphatic rings. The van der Waals surface area contributed by atoms with Crippen molar-refractivity contribution in [2.45, 2.75) is 6.92 Å². The fraction of sp³-hybridized carbons (Fsp3) is 0.400. The molecule has 1 atom stereocenters. The first-order valence-corrected chi connectivity index (χ1v) is 7.20. The van der Waals surface area contributed by atoms with Crippen LogP contribution >= 0.6 is 11.6 Å². The quantitative estimate of drug-likeness (QED) is 0.403. The molecule has 0 radical (unpaired) electrons. The molecule has 0 aliphatic heterocycles. The van der Waals surface area contributed by atoms with Gasteiger partial charge in [0.1, 0.15) is 11.0 Å². The van der Waals surface area contributed by atoms with Crippen molar-refractivity contribution >= 4 is 34.1 Å². The highest BCUT2D eigenvalue weighted by Gasteiger charge is 2.09. The van der Waals surface area contributed by atoms with Gasteiger partial charge in [-0.25, -0.2) is 10.8 Å². The summed E-state index contributed by atoms with van der Waals surface area (Å²) in [6, 6.07) is 2.92. The molecule has 1 rings (SSSR count). The Morgan fingerprint density at radius 1 is 1.56 bits per heavy atom. The summed E-state index contributed by atoms with van der Waals surface area (Å²) in [5.41, 5.74) is 2.67. The lowest BCUT2D eigenvalue weighted by Crippen LogP contribution is -2.28. The molecule has 100 valence electrons. The molecule has 0 saturated carbocycles. The monoisotopic (exact) mass is 290 g/mol. The van der Waals surface area contributed by atoms with Crippen LogP contribution in [0.3, 0.4) is 0 Å². The number of nitrogens with zero attached hydrogens (tertiary/aromatic N) is 1. The summed E-state index contributed by atoms with van der Waals surface area (Å²) >= 11 is 5.74. The molecule has 0 aliphatic carbocycles. The van der Waals surface area contributed by atoms with E-state index in [1.165, 1.54) is 12.1 Å². The van der Waals surface area contributed by atoms with Crippen LogP contribution in [0.2, 0.25) is 5.15 Å². The Bertz CT molecular complexity index is 456. The van der Waals surface area contributed by atoms with Crippen molar-refractivity contribution < 1.29 is 9.00 Å². The number of nitrogens with two attached hydrogens (primary N) is 1. The van der Waals surface area contributed by atoms with Gasteiger partial charge in [0.25, 0.3) is 5.91 Å². The average molecular weight is 291 g/mol. The van der Waals surface area contributed by atoms with Crippen molar-refractivity contribution in [3.8, 4) is 0 Å². The lowest BCUT2D eigenvalue weighted by molar-refractivity contribution is 0.0956. The maximum atomic E-state index is 11.8. The van der Waals surface area contributed by atoms with Gasteiger partial charge in [-0.05, 0) is 12.1 Å². The number of carbonyl (C=O) groups is 1. The lowest BCUT2D eigenvalue weighted by Gasteiger charge is -2.06. The van der Waals surface area contributed by atoms with Crippen LogP contribution in [0.15, 0.2) is 12.1 Å². The topological polar surface area (TPSA) is 97.1 Å². The van der Waals surface area contributed by atoms with Gasteiger partial charge in [-0.3, -0.25) is 9.00 Å². The Hall–Kier alpha value is -1.18. The Kier molecular flexibility index (Phi) is 6.03. The Balaban J connectivity index is 2.61. The number of hydrazine groups is 1. The summed E-state index contributed by atoms with van der Waals surface area (Å²) < 4.78 is 11.2. The highest BCUT2D eigenvalue weighted by molar-refractivity contribution is 7.84. The van der Waals surface area contributed by atoms with Crippen molar-refractivity contribution in [1.82, 2.24) is 10.3 Å². The molecule has 4 N–H and O–H groups in total. The predicted octanol–water partition coefficient (Wildman–Crippen LogP) is 0.519. The molecule has 1 amide bonds. The van der Waals surface area contributed by atoms with Crippen LogP contribution in [-0.4, -0.2) is 33.2 Å². The normalized spacial score (nSPS) is 11.9. The second kappa shape index (κ2) is 7.30. The highest BCUT2D eigenvalue weighted by Crippen LogP contribution is 2.13. The molecule has 0 fully saturated rings. The van der Waals surface area contributed by atoms with E-state index in [0.29, 0.717) is 29.4 Å². The van der Waals surface area contributed by atoms with Gasteiger partial charge in [0, 0.05) is 34.4 Å². The molecule has 0 bridgehead atoms. The SMILES string of the molecule is CCS(=O)CCNC(=O)c1cc(Cl)nc(NN)c1. The van der Waals surface area contributed by atoms with Crippen LogP contribution in [0.25, 0.3) is 0 Å². The molecule has 1 heterocycles. The molecule has 1 aromatic rings. The largest absolute Gasteiger partial charge is 0.351 e. The van der Waals surface area contributed by atoms with Crippen molar-refractivity contribution in [2.24, 2.45) is 5.84 Å². The van der Waals surface area contributed by atoms with Gasteiger partial charge in [0.2, 0.25) is 0 Å². The van der Waals surface area contributed by atoms with Gasteiger partial charge >= 0.3 is 0 Å². The number of amides is 1. The maximum absolute atomic E-state index is 11.8. The smallest absolute Gasteiger partial charge is 0.251 e. The van der Waals surface area contributed by atoms with E-state index in [4.69, 9.17) is 17.4 Å². The lowest BCUT2D eigenvalue weighted by atomic mass is 10.2. The van der Waals surface area contributed by atoms with Crippen molar-refractivity contribution in [2.75, 3.05) is 23.5 Å². The zero-order valence-corrected chi connectivity index (χ0v) is 11.5. The Morgan fingerprint density at radius 3 is 2.89 bits per heavy atom. The number of nitrogen functional groups attached to an aromatic ring is 1. The van der Waals surface area contributed by atoms with Gasteiger partial charge in [-0.2, -0.15) is 0 Å². The summed E-state index contributed by atoms with van der Waals surface area (Å²) in [5.74, 6) is 6.23. The molecule has 1 aromatic heterocycles. The van der Waals surface area contributed by atoms with Gasteiger partial charge < -0.3 is 10.7 Å². The second-order valence-corrected chi connectivity index (χ2v) is 5.65. The molecule has 8 heteroatoms. The molecule has 18 heavy (non-hydrogen) atoms. The molecule has 0 aromatic carbocycles. The third kappa shape index (κ3) is 4.59. The van der Waals surface area contributed by atoms with E-state index in [2.05, 4.69) is 15.7 Å². The summed E-state index contributed by atoms with van der Waals surface area (Å²) in [4.78, 5) is 15.6. The first-order chi connectivity index (χ1) is 8.56. The summed E-state index contributed by atoms with van der Waals surface area (Å²) in [6.45, 7) is 2.18. The zero-order chi connectivity index (χ0) is 13.5. The number of halogens is 1. The maximum Gasteiger partial charge on any atom is 0.251 e. The minimum atomic E-state index is -0.896. The van der Waals surface area contributed by atoms with Crippen LogP contribution in [0.5, 0.6) is 0 Å². The summed E-state index contributed by atoms with van der Waals surface area (Å²) in [5, 5.41) is 2.83. The van der Waals surface area contributed by atoms with Gasteiger partial charge in [-0.1, -0.05) is 18.5 Å². The van der Waals surface area contributed by atoms with Crippen LogP contribution in [0.1, 0.15) is 17.3 Å². The van der Waals surface area contributed by atoms with Crippen LogP contribution < -0.4 is 16.6 Å². The van der Waals surface area contributed by atoms with E-state index in [-0.39, 0.29) is 11.1 Å². The first kappa shape index (κ1) is 14.9. The number of hydrogen-bond donors (Lipinski definition) is 3. The number of anilines is 1. The third-order valence-corrected chi connectivity index (χ3v) is 3.64. The summed E-state index contributed by atoms with van der Waals surface area (Å²) in [6.07, 6.45) is 0.